The number of para-hydroxylation sites is 1. The molecule has 4 aromatic rings. The van der Waals surface area contributed by atoms with E-state index in [1.165, 1.54) is 18.1 Å². The van der Waals surface area contributed by atoms with Crippen LogP contribution in [0.2, 0.25) is 10.0 Å². The maximum Gasteiger partial charge on any atom is 0.417 e. The van der Waals surface area contributed by atoms with Crippen LogP contribution in [-0.4, -0.2) is 45.8 Å². The standard InChI is InChI=1S/C39H28Cl2F3IN4O6/c1-55-29-4-2-3-25(32(29)50)31-23-13-14-24-30(36(53)48(34(24)51)22-11-9-21(45)10-12-22)26(23)16-27-35(52)49(37(54)38(27,31)18-5-7-20(40)8-6-18)47-33-28(41)15-19(17-46-33)39(42,43)44/h2-13,15,17,24,26-27,30-31,50H,14,16H2,1H3,(H,46,47)/t24-,26+,27-,30-,31+,38+/m0/s1. The predicted molar refractivity (Wildman–Crippen MR) is 203 cm³/mol. The lowest BCUT2D eigenvalue weighted by Gasteiger charge is -2.50. The number of halogens is 6. The molecular weight excluding hydrogens is 875 g/mol. The Hall–Kier alpha value is -4.67. The highest BCUT2D eigenvalue weighted by atomic mass is 127. The van der Waals surface area contributed by atoms with Crippen molar-refractivity contribution in [1.29, 1.82) is 0 Å². The lowest BCUT2D eigenvalue weighted by atomic mass is 9.49. The van der Waals surface area contributed by atoms with Gasteiger partial charge in [0.15, 0.2) is 17.3 Å². The summed E-state index contributed by atoms with van der Waals surface area (Å²) < 4.78 is 46.8. The minimum absolute atomic E-state index is 0.0761. The zero-order valence-electron chi connectivity index (χ0n) is 28.5. The number of nitrogens with one attached hydrogen (secondary N) is 1. The largest absolute Gasteiger partial charge is 0.504 e. The van der Waals surface area contributed by atoms with Crippen molar-refractivity contribution in [2.45, 2.75) is 30.4 Å². The number of rotatable bonds is 6. The topological polar surface area (TPSA) is 129 Å². The van der Waals surface area contributed by atoms with E-state index in [9.17, 15) is 32.7 Å². The van der Waals surface area contributed by atoms with Crippen molar-refractivity contribution in [3.63, 3.8) is 0 Å². The molecule has 3 fully saturated rings. The van der Waals surface area contributed by atoms with Crippen molar-refractivity contribution >= 4 is 80.9 Å². The van der Waals surface area contributed by atoms with Crippen LogP contribution < -0.4 is 15.1 Å². The molecular formula is C39H28Cl2F3IN4O6. The smallest absolute Gasteiger partial charge is 0.417 e. The first-order valence-corrected chi connectivity index (χ1v) is 18.8. The molecule has 10 nitrogen and oxygen atoms in total. The van der Waals surface area contributed by atoms with Crippen LogP contribution in [0.25, 0.3) is 0 Å². The van der Waals surface area contributed by atoms with Gasteiger partial charge in [0.1, 0.15) is 0 Å². The maximum absolute atomic E-state index is 15.3. The molecule has 16 heteroatoms. The van der Waals surface area contributed by atoms with Crippen molar-refractivity contribution in [1.82, 2.24) is 9.99 Å². The number of aromatic hydroxyl groups is 1. The number of allylic oxidation sites excluding steroid dienone is 2. The van der Waals surface area contributed by atoms with Gasteiger partial charge in [0, 0.05) is 26.3 Å². The number of imide groups is 2. The van der Waals surface area contributed by atoms with E-state index in [-0.39, 0.29) is 41.6 Å². The van der Waals surface area contributed by atoms with Gasteiger partial charge in [-0.25, -0.2) is 4.98 Å². The Morgan fingerprint density at radius 3 is 2.33 bits per heavy atom. The van der Waals surface area contributed by atoms with Gasteiger partial charge in [-0.15, -0.1) is 0 Å². The van der Waals surface area contributed by atoms with Gasteiger partial charge >= 0.3 is 6.18 Å². The van der Waals surface area contributed by atoms with Crippen LogP contribution in [0, 0.1) is 27.2 Å². The van der Waals surface area contributed by atoms with Gasteiger partial charge in [-0.2, -0.15) is 18.2 Å². The molecule has 282 valence electrons. The molecule has 8 rings (SSSR count). The van der Waals surface area contributed by atoms with E-state index in [1.54, 1.807) is 60.7 Å². The third-order valence-corrected chi connectivity index (χ3v) is 12.5. The van der Waals surface area contributed by atoms with Crippen LogP contribution in [0.3, 0.4) is 0 Å². The Kier molecular flexibility index (Phi) is 9.16. The van der Waals surface area contributed by atoms with E-state index >= 15 is 4.79 Å². The SMILES string of the molecule is COc1cccc([C@H]2C3=CC[C@@H]4C(=O)N(c5ccc(I)cc5)C(=O)[C@@H]4[C@@H]3C[C@H]3C(=O)N(Nc4ncc(C(F)(F)F)cc4Cl)C(=O)[C@@]23c2ccc(Cl)cc2)c1O. The summed E-state index contributed by atoms with van der Waals surface area (Å²) in [5, 5.41) is 12.3. The number of pyridine rings is 1. The molecule has 1 aromatic heterocycles. The number of amides is 4. The summed E-state index contributed by atoms with van der Waals surface area (Å²) in [5.74, 6) is -7.84. The Bertz CT molecular complexity index is 2330. The van der Waals surface area contributed by atoms with Crippen LogP contribution >= 0.6 is 45.8 Å². The molecule has 4 amide bonds. The number of hydrogen-bond donors (Lipinski definition) is 2. The number of ether oxygens (including phenoxy) is 1. The number of carbonyl (C=O) groups is 4. The molecule has 0 bridgehead atoms. The first kappa shape index (κ1) is 37.3. The van der Waals surface area contributed by atoms with E-state index in [2.05, 4.69) is 33.0 Å². The fourth-order valence-electron chi connectivity index (χ4n) is 8.91. The van der Waals surface area contributed by atoms with E-state index in [4.69, 9.17) is 27.9 Å². The van der Waals surface area contributed by atoms with Gasteiger partial charge in [0.25, 0.3) is 11.8 Å². The molecule has 2 aliphatic heterocycles. The molecule has 2 N–H and O–H groups in total. The summed E-state index contributed by atoms with van der Waals surface area (Å²) in [5.41, 5.74) is 1.17. The minimum Gasteiger partial charge on any atom is -0.504 e. The number of benzene rings is 3. The van der Waals surface area contributed by atoms with Gasteiger partial charge in [-0.05, 0) is 95.4 Å². The number of phenols is 1. The normalized spacial score (nSPS) is 26.1. The number of carbonyl (C=O) groups excluding carboxylic acids is 4. The molecule has 3 heterocycles. The first-order valence-electron chi connectivity index (χ1n) is 17.0. The zero-order valence-corrected chi connectivity index (χ0v) is 32.2. The molecule has 55 heavy (non-hydrogen) atoms. The Balaban J connectivity index is 1.32. The maximum atomic E-state index is 15.3. The molecule has 1 saturated carbocycles. The highest BCUT2D eigenvalue weighted by molar-refractivity contribution is 14.1. The van der Waals surface area contributed by atoms with E-state index in [0.717, 1.165) is 3.57 Å². The van der Waals surface area contributed by atoms with Crippen molar-refractivity contribution in [3.05, 3.63) is 121 Å². The molecule has 2 aliphatic carbocycles. The highest BCUT2D eigenvalue weighted by Gasteiger charge is 2.71. The Labute approximate surface area is 335 Å². The summed E-state index contributed by atoms with van der Waals surface area (Å²) in [6.07, 6.45) is -2.34. The van der Waals surface area contributed by atoms with Crippen LogP contribution in [0.1, 0.15) is 35.4 Å². The van der Waals surface area contributed by atoms with Gasteiger partial charge < -0.3 is 9.84 Å². The lowest BCUT2D eigenvalue weighted by Crippen LogP contribution is -2.53. The third kappa shape index (κ3) is 5.69. The summed E-state index contributed by atoms with van der Waals surface area (Å²) in [6.45, 7) is 0. The average Bonchev–Trinajstić information content (AvgIpc) is 3.53. The summed E-state index contributed by atoms with van der Waals surface area (Å²) in [7, 11) is 1.36. The van der Waals surface area contributed by atoms with E-state index < -0.39 is 69.5 Å². The number of anilines is 2. The second-order valence-electron chi connectivity index (χ2n) is 13.8. The first-order chi connectivity index (χ1) is 26.2. The zero-order chi connectivity index (χ0) is 39.1. The number of hydrogen-bond acceptors (Lipinski definition) is 8. The van der Waals surface area contributed by atoms with Gasteiger partial charge in [-0.3, -0.25) is 29.5 Å². The monoisotopic (exact) mass is 902 g/mol. The Morgan fingerprint density at radius 1 is 0.964 bits per heavy atom. The summed E-state index contributed by atoms with van der Waals surface area (Å²) in [4.78, 5) is 63.6. The van der Waals surface area contributed by atoms with Gasteiger partial charge in [0.05, 0.1) is 46.6 Å². The minimum atomic E-state index is -4.76. The molecule has 4 aliphatic rings. The second-order valence-corrected chi connectivity index (χ2v) is 15.9. The quantitative estimate of drug-likeness (QED) is 0.114. The second kappa shape index (κ2) is 13.5. The fraction of sp³-hybridized carbons (Fsp3) is 0.256. The van der Waals surface area contributed by atoms with Crippen molar-refractivity contribution in [2.75, 3.05) is 17.4 Å². The molecule has 6 atom stereocenters. The molecule has 0 unspecified atom stereocenters. The summed E-state index contributed by atoms with van der Waals surface area (Å²) in [6, 6.07) is 18.7. The Morgan fingerprint density at radius 2 is 1.67 bits per heavy atom. The third-order valence-electron chi connectivity index (χ3n) is 11.2. The predicted octanol–water partition coefficient (Wildman–Crippen LogP) is 7.92. The number of aromatic nitrogens is 1. The van der Waals surface area contributed by atoms with Crippen LogP contribution in [0.15, 0.2) is 90.6 Å². The van der Waals surface area contributed by atoms with Crippen molar-refractivity contribution < 1.29 is 42.2 Å². The number of hydrazine groups is 1. The van der Waals surface area contributed by atoms with Crippen molar-refractivity contribution in [2.24, 2.45) is 23.7 Å². The molecule has 0 spiro atoms. The average molecular weight is 903 g/mol. The number of methoxy groups -OCH3 is 1. The number of alkyl halides is 3. The molecule has 0 radical (unpaired) electrons. The summed E-state index contributed by atoms with van der Waals surface area (Å²) >= 11 is 14.7. The highest BCUT2D eigenvalue weighted by Crippen LogP contribution is 2.65. The van der Waals surface area contributed by atoms with Gasteiger partial charge in [-0.1, -0.05) is 59.1 Å². The lowest BCUT2D eigenvalue weighted by molar-refractivity contribution is -0.139. The van der Waals surface area contributed by atoms with E-state index in [0.29, 0.717) is 39.1 Å². The van der Waals surface area contributed by atoms with Crippen LogP contribution in [0.5, 0.6) is 11.5 Å². The number of fused-ring (bicyclic) bond motifs is 4. The van der Waals surface area contributed by atoms with Crippen LogP contribution in [-0.2, 0) is 30.8 Å². The molecule has 3 aromatic carbocycles. The number of phenolic OH excluding ortho intramolecular Hbond substituents is 1. The molecule has 2 saturated heterocycles. The van der Waals surface area contributed by atoms with Crippen LogP contribution in [0.4, 0.5) is 24.7 Å². The van der Waals surface area contributed by atoms with Crippen molar-refractivity contribution in [3.8, 4) is 11.5 Å². The fourth-order valence-corrected chi connectivity index (χ4v) is 9.60. The number of nitrogens with zero attached hydrogens (tertiary/aromatic N) is 3. The van der Waals surface area contributed by atoms with Gasteiger partial charge in [0.2, 0.25) is 11.8 Å². The van der Waals surface area contributed by atoms with E-state index in [1.807, 2.05) is 6.08 Å².